The Kier molecular flexibility index (Phi) is 7.73. The van der Waals surface area contributed by atoms with Crippen LogP contribution in [0.25, 0.3) is 6.08 Å². The SMILES string of the molecule is Cc1c(C=C2SC(=S)N(C3CCS(=O)(=O)C3)C2=O)c(N2CCC(Cc3ccccc3)CC2)n(C)c(=O)c1C#N. The molecular formula is C28H30N4O4S3. The van der Waals surface area contributed by atoms with Crippen molar-refractivity contribution >= 4 is 55.9 Å². The van der Waals surface area contributed by atoms with Gasteiger partial charge in [-0.2, -0.15) is 5.26 Å². The molecule has 0 bridgehead atoms. The number of sulfone groups is 1. The molecule has 3 saturated heterocycles. The predicted octanol–water partition coefficient (Wildman–Crippen LogP) is 3.41. The van der Waals surface area contributed by atoms with Crippen LogP contribution < -0.4 is 10.5 Å². The lowest BCUT2D eigenvalue weighted by Gasteiger charge is -2.36. The summed E-state index contributed by atoms with van der Waals surface area (Å²) in [6, 6.07) is 12.0. The highest BCUT2D eigenvalue weighted by molar-refractivity contribution is 8.26. The van der Waals surface area contributed by atoms with Gasteiger partial charge in [0, 0.05) is 25.7 Å². The number of nitrogens with zero attached hydrogens (tertiary/aromatic N) is 4. The van der Waals surface area contributed by atoms with Crippen LogP contribution in [0.5, 0.6) is 0 Å². The molecule has 1 aromatic heterocycles. The third-order valence-electron chi connectivity index (χ3n) is 7.92. The van der Waals surface area contributed by atoms with Gasteiger partial charge in [-0.1, -0.05) is 54.3 Å². The van der Waals surface area contributed by atoms with Gasteiger partial charge < -0.3 is 4.90 Å². The Morgan fingerprint density at radius 3 is 2.46 bits per heavy atom. The van der Waals surface area contributed by atoms with Crippen molar-refractivity contribution in [3.8, 4) is 6.07 Å². The Morgan fingerprint density at radius 1 is 1.15 bits per heavy atom. The lowest BCUT2D eigenvalue weighted by atomic mass is 9.90. The summed E-state index contributed by atoms with van der Waals surface area (Å²) in [5, 5.41) is 9.76. The Labute approximate surface area is 238 Å². The van der Waals surface area contributed by atoms with Gasteiger partial charge in [-0.05, 0) is 55.7 Å². The number of carbonyl (C=O) groups excluding carboxylic acids is 1. The standard InChI is InChI=1S/C28H30N4O4S3/c1-18-22(15-24-27(34)32(28(37)38-24)21-10-13-39(35,36)17-21)25(30(2)26(33)23(18)16-29)31-11-8-20(9-12-31)14-19-6-4-3-5-7-19/h3-7,15,20-21H,8-14,17H2,1-2H3. The molecule has 1 amide bonds. The van der Waals surface area contributed by atoms with Crippen molar-refractivity contribution in [2.45, 2.75) is 38.6 Å². The first-order chi connectivity index (χ1) is 18.6. The fraction of sp³-hybridized carbons (Fsp3) is 0.429. The quantitative estimate of drug-likeness (QED) is 0.390. The fourth-order valence-corrected chi connectivity index (χ4v) is 8.88. The number of piperidine rings is 1. The van der Waals surface area contributed by atoms with E-state index in [4.69, 9.17) is 12.2 Å². The molecule has 0 spiro atoms. The summed E-state index contributed by atoms with van der Waals surface area (Å²) in [7, 11) is -1.52. The molecule has 0 N–H and O–H groups in total. The van der Waals surface area contributed by atoms with E-state index in [-0.39, 0.29) is 28.5 Å². The number of amides is 1. The molecule has 1 atom stereocenters. The molecule has 39 heavy (non-hydrogen) atoms. The average Bonchev–Trinajstić information content (AvgIpc) is 3.40. The molecule has 5 rings (SSSR count). The number of nitriles is 1. The first kappa shape index (κ1) is 27.6. The van der Waals surface area contributed by atoms with E-state index >= 15 is 0 Å². The second-order valence-corrected chi connectivity index (χ2v) is 14.3. The van der Waals surface area contributed by atoms with E-state index in [9.17, 15) is 23.3 Å². The summed E-state index contributed by atoms with van der Waals surface area (Å²) in [6.07, 6.45) is 5.01. The van der Waals surface area contributed by atoms with E-state index in [0.29, 0.717) is 38.5 Å². The first-order valence-electron chi connectivity index (χ1n) is 13.0. The minimum absolute atomic E-state index is 0.0452. The summed E-state index contributed by atoms with van der Waals surface area (Å²) in [5.41, 5.74) is 2.17. The molecule has 0 aliphatic carbocycles. The molecule has 204 valence electrons. The smallest absolute Gasteiger partial charge is 0.270 e. The van der Waals surface area contributed by atoms with Crippen LogP contribution in [0.1, 0.15) is 41.5 Å². The number of pyridine rings is 1. The van der Waals surface area contributed by atoms with E-state index in [2.05, 4.69) is 29.2 Å². The molecule has 2 aromatic rings. The third-order valence-corrected chi connectivity index (χ3v) is 11.0. The molecule has 0 radical (unpaired) electrons. The van der Waals surface area contributed by atoms with Crippen LogP contribution in [-0.2, 0) is 28.1 Å². The van der Waals surface area contributed by atoms with Gasteiger partial charge in [0.15, 0.2) is 9.84 Å². The highest BCUT2D eigenvalue weighted by atomic mass is 32.2. The zero-order valence-corrected chi connectivity index (χ0v) is 24.4. The molecule has 0 saturated carbocycles. The normalized spacial score (nSPS) is 22.6. The van der Waals surface area contributed by atoms with Gasteiger partial charge in [-0.3, -0.25) is 19.1 Å². The van der Waals surface area contributed by atoms with Crippen LogP contribution in [0, 0.1) is 24.2 Å². The lowest BCUT2D eigenvalue weighted by Crippen LogP contribution is -2.39. The van der Waals surface area contributed by atoms with Crippen LogP contribution in [0.4, 0.5) is 5.82 Å². The lowest BCUT2D eigenvalue weighted by molar-refractivity contribution is -0.123. The van der Waals surface area contributed by atoms with Gasteiger partial charge in [0.25, 0.3) is 11.5 Å². The number of hydrogen-bond donors (Lipinski definition) is 0. The number of carbonyl (C=O) groups is 1. The molecule has 3 fully saturated rings. The number of rotatable bonds is 5. The maximum Gasteiger partial charge on any atom is 0.270 e. The van der Waals surface area contributed by atoms with Crippen molar-refractivity contribution in [1.82, 2.24) is 9.47 Å². The van der Waals surface area contributed by atoms with E-state index in [0.717, 1.165) is 44.1 Å². The predicted molar refractivity (Wildman–Crippen MR) is 158 cm³/mol. The molecule has 1 unspecified atom stereocenters. The molecular weight excluding hydrogens is 553 g/mol. The second-order valence-electron chi connectivity index (χ2n) is 10.4. The van der Waals surface area contributed by atoms with Crippen molar-refractivity contribution in [2.75, 3.05) is 29.5 Å². The van der Waals surface area contributed by atoms with Crippen LogP contribution in [0.15, 0.2) is 40.0 Å². The van der Waals surface area contributed by atoms with Crippen molar-refractivity contribution in [1.29, 1.82) is 5.26 Å². The number of anilines is 1. The monoisotopic (exact) mass is 582 g/mol. The van der Waals surface area contributed by atoms with Crippen molar-refractivity contribution in [3.05, 3.63) is 67.8 Å². The third kappa shape index (κ3) is 5.42. The van der Waals surface area contributed by atoms with Gasteiger partial charge in [0.2, 0.25) is 0 Å². The Bertz CT molecular complexity index is 1570. The molecule has 11 heteroatoms. The largest absolute Gasteiger partial charge is 0.357 e. The van der Waals surface area contributed by atoms with E-state index in [1.807, 2.05) is 12.1 Å². The zero-order valence-electron chi connectivity index (χ0n) is 21.9. The van der Waals surface area contributed by atoms with Crippen LogP contribution in [-0.4, -0.2) is 58.7 Å². The Balaban J connectivity index is 1.47. The van der Waals surface area contributed by atoms with Crippen molar-refractivity contribution in [2.24, 2.45) is 13.0 Å². The molecule has 8 nitrogen and oxygen atoms in total. The van der Waals surface area contributed by atoms with Crippen molar-refractivity contribution < 1.29 is 13.2 Å². The summed E-state index contributed by atoms with van der Waals surface area (Å²) in [5.74, 6) is 0.842. The Hall–Kier alpha value is -2.94. The molecule has 1 aromatic carbocycles. The summed E-state index contributed by atoms with van der Waals surface area (Å²) in [6.45, 7) is 3.23. The Morgan fingerprint density at radius 2 is 1.85 bits per heavy atom. The number of thioether (sulfide) groups is 1. The summed E-state index contributed by atoms with van der Waals surface area (Å²) < 4.78 is 25.9. The van der Waals surface area contributed by atoms with Crippen LogP contribution >= 0.6 is 24.0 Å². The number of benzene rings is 1. The van der Waals surface area contributed by atoms with E-state index < -0.39 is 15.9 Å². The van der Waals surface area contributed by atoms with Gasteiger partial charge in [0.05, 0.1) is 22.5 Å². The molecule has 3 aliphatic rings. The van der Waals surface area contributed by atoms with Crippen LogP contribution in [0.3, 0.4) is 0 Å². The minimum atomic E-state index is -3.19. The van der Waals surface area contributed by atoms with E-state index in [1.54, 1.807) is 20.0 Å². The van der Waals surface area contributed by atoms with Gasteiger partial charge >= 0.3 is 0 Å². The maximum atomic E-state index is 13.4. The average molecular weight is 583 g/mol. The van der Waals surface area contributed by atoms with Gasteiger partial charge in [0.1, 0.15) is 21.8 Å². The number of thiocarbonyl (C=S) groups is 1. The fourth-order valence-electron chi connectivity index (χ4n) is 5.80. The van der Waals surface area contributed by atoms with Crippen molar-refractivity contribution in [3.63, 3.8) is 0 Å². The molecule has 4 heterocycles. The van der Waals surface area contributed by atoms with E-state index in [1.165, 1.54) is 15.0 Å². The number of aromatic nitrogens is 1. The number of hydrogen-bond acceptors (Lipinski definition) is 8. The second kappa shape index (κ2) is 10.9. The highest BCUT2D eigenvalue weighted by Gasteiger charge is 2.42. The highest BCUT2D eigenvalue weighted by Crippen LogP contribution is 2.39. The zero-order chi connectivity index (χ0) is 27.9. The van der Waals surface area contributed by atoms with Crippen LogP contribution in [0.2, 0.25) is 0 Å². The van der Waals surface area contributed by atoms with Gasteiger partial charge in [-0.15, -0.1) is 0 Å². The first-order valence-corrected chi connectivity index (χ1v) is 16.0. The summed E-state index contributed by atoms with van der Waals surface area (Å²) >= 11 is 6.63. The minimum Gasteiger partial charge on any atom is -0.357 e. The topological polar surface area (TPSA) is 103 Å². The maximum absolute atomic E-state index is 13.4. The summed E-state index contributed by atoms with van der Waals surface area (Å²) in [4.78, 5) is 30.5. The van der Waals surface area contributed by atoms with Gasteiger partial charge in [-0.25, -0.2) is 8.42 Å². The molecule has 3 aliphatic heterocycles.